The van der Waals surface area contributed by atoms with Crippen LogP contribution in [0.5, 0.6) is 0 Å². The normalized spacial score (nSPS) is 11.8. The summed E-state index contributed by atoms with van der Waals surface area (Å²) in [5, 5.41) is 7.51. The molecule has 2 nitrogen and oxygen atoms in total. The van der Waals surface area contributed by atoms with Gasteiger partial charge >= 0.3 is 0 Å². The Morgan fingerprint density at radius 3 is 1.52 bits per heavy atom. The number of para-hydroxylation sites is 3. The first-order valence-electron chi connectivity index (χ1n) is 14.5. The fourth-order valence-electron chi connectivity index (χ4n) is 6.93. The minimum atomic E-state index is 1.18. The van der Waals surface area contributed by atoms with Crippen molar-refractivity contribution in [1.82, 2.24) is 9.13 Å². The van der Waals surface area contributed by atoms with Crippen molar-refractivity contribution in [2.24, 2.45) is 0 Å². The first-order valence-corrected chi connectivity index (χ1v) is 14.5. The molecule has 0 saturated carbocycles. The summed E-state index contributed by atoms with van der Waals surface area (Å²) in [5.41, 5.74) is 9.66. The van der Waals surface area contributed by atoms with Gasteiger partial charge in [-0.3, -0.25) is 0 Å². The fourth-order valence-corrected chi connectivity index (χ4v) is 6.93. The smallest absolute Gasteiger partial charge is 0.0789 e. The van der Waals surface area contributed by atoms with Gasteiger partial charge in [0.05, 0.1) is 33.4 Å². The number of aromatic nitrogens is 2. The van der Waals surface area contributed by atoms with Gasteiger partial charge in [-0.1, -0.05) is 133 Å². The molecular weight excluding hydrogens is 508 g/mol. The molecule has 9 rings (SSSR count). The largest absolute Gasteiger partial charge is 0.307 e. The highest BCUT2D eigenvalue weighted by atomic mass is 15.0. The van der Waals surface area contributed by atoms with E-state index in [0.717, 1.165) is 0 Å². The number of fused-ring (bicyclic) bond motifs is 8. The molecule has 0 amide bonds. The molecule has 2 heteroatoms. The van der Waals surface area contributed by atoms with Gasteiger partial charge in [0.25, 0.3) is 0 Å². The van der Waals surface area contributed by atoms with Gasteiger partial charge in [0.15, 0.2) is 0 Å². The quantitative estimate of drug-likeness (QED) is 0.213. The zero-order chi connectivity index (χ0) is 27.6. The molecule has 0 atom stereocenters. The molecular formula is C40H26N2. The van der Waals surface area contributed by atoms with Gasteiger partial charge in [-0.25, -0.2) is 0 Å². The molecule has 0 spiro atoms. The molecule has 0 saturated heterocycles. The summed E-state index contributed by atoms with van der Waals surface area (Å²) >= 11 is 0. The molecule has 0 radical (unpaired) electrons. The lowest BCUT2D eigenvalue weighted by molar-refractivity contribution is 1.16. The van der Waals surface area contributed by atoms with E-state index < -0.39 is 0 Å². The van der Waals surface area contributed by atoms with Gasteiger partial charge < -0.3 is 9.13 Å². The van der Waals surface area contributed by atoms with Gasteiger partial charge in [-0.05, 0) is 35.2 Å². The van der Waals surface area contributed by atoms with E-state index in [9.17, 15) is 0 Å². The van der Waals surface area contributed by atoms with Crippen molar-refractivity contribution in [3.8, 4) is 22.5 Å². The van der Waals surface area contributed by atoms with E-state index in [1.807, 2.05) is 0 Å². The standard InChI is InChI=1S/C40H26N2/c1-2-13-27(14-3-1)29-18-6-9-21-35(29)41-37-22-10-7-19-31(37)33-25-26-34-32-20-8-11-23-38(32)42(40(34)39(33)41)36-24-12-16-28-15-4-5-17-30(28)36/h1-26H. The summed E-state index contributed by atoms with van der Waals surface area (Å²) < 4.78 is 4.99. The predicted molar refractivity (Wildman–Crippen MR) is 178 cm³/mol. The Balaban J connectivity index is 1.54. The van der Waals surface area contributed by atoms with E-state index in [-0.39, 0.29) is 0 Å². The molecule has 0 aliphatic heterocycles. The Labute approximate surface area is 243 Å². The van der Waals surface area contributed by atoms with Crippen LogP contribution in [-0.2, 0) is 0 Å². The van der Waals surface area contributed by atoms with Crippen molar-refractivity contribution in [3.63, 3.8) is 0 Å². The first kappa shape index (κ1) is 23.1. The van der Waals surface area contributed by atoms with Crippen LogP contribution in [0.1, 0.15) is 0 Å². The molecule has 0 unspecified atom stereocenters. The summed E-state index contributed by atoms with van der Waals surface area (Å²) in [4.78, 5) is 0. The van der Waals surface area contributed by atoms with Crippen LogP contribution in [-0.4, -0.2) is 9.13 Å². The summed E-state index contributed by atoms with van der Waals surface area (Å²) in [6, 6.07) is 57.2. The third-order valence-electron chi connectivity index (χ3n) is 8.71. The average Bonchev–Trinajstić information content (AvgIpc) is 3.58. The van der Waals surface area contributed by atoms with Crippen LogP contribution in [0.25, 0.3) is 76.9 Å². The Bertz CT molecular complexity index is 2450. The Morgan fingerprint density at radius 1 is 0.310 bits per heavy atom. The van der Waals surface area contributed by atoms with E-state index in [0.29, 0.717) is 0 Å². The van der Waals surface area contributed by atoms with E-state index in [2.05, 4.69) is 167 Å². The van der Waals surface area contributed by atoms with Crippen LogP contribution in [0, 0.1) is 0 Å². The maximum atomic E-state index is 2.50. The molecule has 0 bridgehead atoms. The van der Waals surface area contributed by atoms with E-state index in [1.165, 1.54) is 76.9 Å². The van der Waals surface area contributed by atoms with Crippen molar-refractivity contribution < 1.29 is 0 Å². The highest BCUT2D eigenvalue weighted by Crippen LogP contribution is 2.43. The molecule has 0 aliphatic rings. The minimum Gasteiger partial charge on any atom is -0.307 e. The lowest BCUT2D eigenvalue weighted by atomic mass is 10.0. The van der Waals surface area contributed by atoms with Crippen molar-refractivity contribution in [2.75, 3.05) is 0 Å². The second-order valence-corrected chi connectivity index (χ2v) is 10.9. The molecule has 42 heavy (non-hydrogen) atoms. The number of rotatable bonds is 3. The highest BCUT2D eigenvalue weighted by molar-refractivity contribution is 6.24. The summed E-state index contributed by atoms with van der Waals surface area (Å²) in [6.07, 6.45) is 0. The summed E-state index contributed by atoms with van der Waals surface area (Å²) in [7, 11) is 0. The van der Waals surface area contributed by atoms with Gasteiger partial charge in [0.1, 0.15) is 0 Å². The molecule has 0 fully saturated rings. The third kappa shape index (κ3) is 3.21. The Kier molecular flexibility index (Phi) is 4.93. The van der Waals surface area contributed by atoms with Crippen molar-refractivity contribution in [3.05, 3.63) is 158 Å². The average molecular weight is 535 g/mol. The Morgan fingerprint density at radius 2 is 0.810 bits per heavy atom. The molecule has 0 aliphatic carbocycles. The number of hydrogen-bond acceptors (Lipinski definition) is 0. The monoisotopic (exact) mass is 534 g/mol. The zero-order valence-electron chi connectivity index (χ0n) is 22.9. The molecule has 196 valence electrons. The van der Waals surface area contributed by atoms with Crippen LogP contribution in [0.2, 0.25) is 0 Å². The van der Waals surface area contributed by atoms with Crippen molar-refractivity contribution >= 4 is 54.4 Å². The Hall–Kier alpha value is -5.60. The first-order chi connectivity index (χ1) is 20.9. The highest BCUT2D eigenvalue weighted by Gasteiger charge is 2.22. The second-order valence-electron chi connectivity index (χ2n) is 10.9. The number of nitrogens with zero attached hydrogens (tertiary/aromatic N) is 2. The van der Waals surface area contributed by atoms with E-state index in [4.69, 9.17) is 0 Å². The van der Waals surface area contributed by atoms with E-state index in [1.54, 1.807) is 0 Å². The van der Waals surface area contributed by atoms with Gasteiger partial charge in [-0.2, -0.15) is 0 Å². The lowest BCUT2D eigenvalue weighted by Gasteiger charge is -2.16. The molecule has 9 aromatic rings. The van der Waals surface area contributed by atoms with Gasteiger partial charge in [0.2, 0.25) is 0 Å². The zero-order valence-corrected chi connectivity index (χ0v) is 22.9. The fraction of sp³-hybridized carbons (Fsp3) is 0. The maximum absolute atomic E-state index is 2.50. The van der Waals surface area contributed by atoms with Crippen LogP contribution in [0.3, 0.4) is 0 Å². The SMILES string of the molecule is c1ccc(-c2ccccc2-n2c3ccccc3c3ccc4c5ccccc5n(-c5cccc6ccccc56)c4c32)cc1. The summed E-state index contributed by atoms with van der Waals surface area (Å²) in [5.74, 6) is 0. The molecule has 0 N–H and O–H groups in total. The van der Waals surface area contributed by atoms with Crippen LogP contribution >= 0.6 is 0 Å². The van der Waals surface area contributed by atoms with Gasteiger partial charge in [0, 0.05) is 32.5 Å². The maximum Gasteiger partial charge on any atom is 0.0789 e. The topological polar surface area (TPSA) is 9.86 Å². The number of hydrogen-bond donors (Lipinski definition) is 0. The molecule has 2 aromatic heterocycles. The van der Waals surface area contributed by atoms with Crippen LogP contribution in [0.15, 0.2) is 158 Å². The van der Waals surface area contributed by atoms with Gasteiger partial charge in [-0.15, -0.1) is 0 Å². The number of benzene rings is 7. The minimum absolute atomic E-state index is 1.18. The third-order valence-corrected chi connectivity index (χ3v) is 8.71. The van der Waals surface area contributed by atoms with Crippen molar-refractivity contribution in [1.29, 1.82) is 0 Å². The molecule has 7 aromatic carbocycles. The lowest BCUT2D eigenvalue weighted by Crippen LogP contribution is -2.00. The predicted octanol–water partition coefficient (Wildman–Crippen LogP) is 10.7. The van der Waals surface area contributed by atoms with Crippen molar-refractivity contribution in [2.45, 2.75) is 0 Å². The van der Waals surface area contributed by atoms with E-state index >= 15 is 0 Å². The molecule has 2 heterocycles. The van der Waals surface area contributed by atoms with Crippen LogP contribution in [0.4, 0.5) is 0 Å². The van der Waals surface area contributed by atoms with Crippen LogP contribution < -0.4 is 0 Å². The second kappa shape index (κ2) is 8.95. The summed E-state index contributed by atoms with van der Waals surface area (Å²) in [6.45, 7) is 0.